The van der Waals surface area contributed by atoms with Crippen molar-refractivity contribution in [1.29, 1.82) is 0 Å². The molecule has 1 heterocycles. The molecule has 0 radical (unpaired) electrons. The van der Waals surface area contributed by atoms with E-state index in [0.29, 0.717) is 17.0 Å². The number of para-hydroxylation sites is 1. The summed E-state index contributed by atoms with van der Waals surface area (Å²) in [5.41, 5.74) is 1.09. The first-order valence-corrected chi connectivity index (χ1v) is 10.9. The summed E-state index contributed by atoms with van der Waals surface area (Å²) in [6.45, 7) is 7.45. The van der Waals surface area contributed by atoms with Crippen LogP contribution in [0, 0.1) is 11.8 Å². The number of carboxylic acids is 1. The normalized spacial score (nSPS) is 11.8. The van der Waals surface area contributed by atoms with E-state index in [-0.39, 0.29) is 34.0 Å². The second kappa shape index (κ2) is 11.7. The molecule has 1 N–H and O–H groups in total. The maximum atomic E-state index is 12.8. The Morgan fingerprint density at radius 3 is 2.03 bits per heavy atom. The quantitative estimate of drug-likeness (QED) is 0.307. The Hall–Kier alpha value is -3.31. The molecule has 2 aromatic carbocycles. The first kappa shape index (κ1) is 26.9. The molecular formula is C27H28N3NiO3-. The third-order valence-corrected chi connectivity index (χ3v) is 5.71. The molecule has 0 spiro atoms. The summed E-state index contributed by atoms with van der Waals surface area (Å²) in [6, 6.07) is 21.6. The molecular weight excluding hydrogens is 473 g/mol. The molecule has 0 fully saturated rings. The van der Waals surface area contributed by atoms with Gasteiger partial charge in [-0.25, -0.2) is 4.79 Å². The van der Waals surface area contributed by atoms with Gasteiger partial charge in [0, 0.05) is 28.3 Å². The summed E-state index contributed by atoms with van der Waals surface area (Å²) in [6.07, 6.45) is 1.54. The minimum atomic E-state index is -1.36. The Morgan fingerprint density at radius 2 is 1.47 bits per heavy atom. The summed E-state index contributed by atoms with van der Waals surface area (Å²) in [5, 5.41) is 14.6. The van der Waals surface area contributed by atoms with Crippen LogP contribution in [0.25, 0.3) is 5.32 Å². The van der Waals surface area contributed by atoms with Gasteiger partial charge in [-0.2, -0.15) is 0 Å². The van der Waals surface area contributed by atoms with Crippen LogP contribution in [0.5, 0.6) is 0 Å². The van der Waals surface area contributed by atoms with Crippen molar-refractivity contribution in [2.24, 2.45) is 16.8 Å². The standard InChI is InChI=1S/C27H29N3O3.Ni/c1-18(2)27(19(3)4,26(32)33)30-24(20-12-6-5-7-13-20)21-14-8-9-15-22(21)29-25(31)23-16-10-11-17-28-23;/h5-19H,1-4H3,(H2,29,30,31,32,33);/p-1. The van der Waals surface area contributed by atoms with Gasteiger partial charge in [0.1, 0.15) is 5.91 Å². The molecule has 3 aromatic rings. The molecule has 0 aliphatic carbocycles. The second-order valence-corrected chi connectivity index (χ2v) is 8.42. The smallest absolute Gasteiger partial charge is 0.332 e. The van der Waals surface area contributed by atoms with Crippen LogP contribution in [0.2, 0.25) is 0 Å². The molecule has 0 saturated carbocycles. The van der Waals surface area contributed by atoms with Crippen molar-refractivity contribution < 1.29 is 31.2 Å². The number of amides is 1. The molecule has 0 bridgehead atoms. The van der Waals surface area contributed by atoms with Crippen LogP contribution in [0.3, 0.4) is 0 Å². The second-order valence-electron chi connectivity index (χ2n) is 8.42. The fourth-order valence-corrected chi connectivity index (χ4v) is 3.96. The van der Waals surface area contributed by atoms with Gasteiger partial charge in [0.15, 0.2) is 5.54 Å². The molecule has 34 heavy (non-hydrogen) atoms. The first-order chi connectivity index (χ1) is 15.8. The van der Waals surface area contributed by atoms with Crippen LogP contribution < -0.4 is 0 Å². The van der Waals surface area contributed by atoms with Gasteiger partial charge in [0.2, 0.25) is 0 Å². The minimum absolute atomic E-state index is 0. The summed E-state index contributed by atoms with van der Waals surface area (Å²) < 4.78 is 0. The Bertz CT molecular complexity index is 1140. The van der Waals surface area contributed by atoms with Gasteiger partial charge in [0.05, 0.1) is 11.4 Å². The van der Waals surface area contributed by atoms with E-state index in [1.54, 1.807) is 30.3 Å². The topological polar surface area (TPSA) is 93.7 Å². The number of hydrogen-bond donors (Lipinski definition) is 1. The number of pyridine rings is 1. The molecule has 0 saturated heterocycles. The van der Waals surface area contributed by atoms with Gasteiger partial charge in [0.25, 0.3) is 0 Å². The molecule has 0 atom stereocenters. The summed E-state index contributed by atoms with van der Waals surface area (Å²) in [4.78, 5) is 34.3. The average molecular weight is 501 g/mol. The number of aliphatic imine (C=N–C) groups is 1. The van der Waals surface area contributed by atoms with Gasteiger partial charge in [-0.15, -0.1) is 5.69 Å². The van der Waals surface area contributed by atoms with E-state index >= 15 is 0 Å². The number of aromatic nitrogens is 1. The fraction of sp³-hybridized carbons (Fsp3) is 0.259. The molecule has 7 heteroatoms. The molecule has 180 valence electrons. The zero-order chi connectivity index (χ0) is 24.0. The van der Waals surface area contributed by atoms with Crippen LogP contribution in [-0.4, -0.2) is 33.2 Å². The Balaban J connectivity index is 0.00000408. The number of nitrogens with zero attached hydrogens (tertiary/aromatic N) is 3. The van der Waals surface area contributed by atoms with Gasteiger partial charge in [-0.05, 0) is 29.5 Å². The Morgan fingerprint density at radius 1 is 0.882 bits per heavy atom. The number of carbonyl (C=O) groups excluding carboxylic acids is 1. The first-order valence-electron chi connectivity index (χ1n) is 10.9. The molecule has 0 aliphatic heterocycles. The van der Waals surface area contributed by atoms with Crippen molar-refractivity contribution >= 4 is 23.3 Å². The van der Waals surface area contributed by atoms with E-state index in [1.807, 2.05) is 70.2 Å². The number of hydrogen-bond acceptors (Lipinski definition) is 4. The van der Waals surface area contributed by atoms with Crippen LogP contribution in [0.4, 0.5) is 5.69 Å². The third kappa shape index (κ3) is 5.60. The van der Waals surface area contributed by atoms with Crippen molar-refractivity contribution in [2.75, 3.05) is 0 Å². The molecule has 1 amide bonds. The maximum absolute atomic E-state index is 12.8. The van der Waals surface area contributed by atoms with Crippen molar-refractivity contribution in [3.05, 3.63) is 101 Å². The van der Waals surface area contributed by atoms with E-state index in [0.717, 1.165) is 5.56 Å². The number of aliphatic carboxylic acids is 1. The number of carboxylic acid groups (broad SMARTS) is 1. The predicted molar refractivity (Wildman–Crippen MR) is 130 cm³/mol. The molecule has 6 nitrogen and oxygen atoms in total. The third-order valence-electron chi connectivity index (χ3n) is 5.71. The summed E-state index contributed by atoms with van der Waals surface area (Å²) >= 11 is 0. The summed E-state index contributed by atoms with van der Waals surface area (Å²) in [5.74, 6) is -2.01. The van der Waals surface area contributed by atoms with Crippen molar-refractivity contribution in [2.45, 2.75) is 33.2 Å². The molecule has 0 aliphatic rings. The molecule has 1 aromatic heterocycles. The maximum Gasteiger partial charge on any atom is 0.332 e. The monoisotopic (exact) mass is 500 g/mol. The molecule has 3 rings (SSSR count). The van der Waals surface area contributed by atoms with Crippen LogP contribution in [0.15, 0.2) is 84.0 Å². The van der Waals surface area contributed by atoms with Gasteiger partial charge < -0.3 is 15.2 Å². The fourth-order valence-electron chi connectivity index (χ4n) is 3.96. The SMILES string of the molecule is CC(C)C(N=C(c1ccccc1)c1ccccc1[N-]C(=O)c1ccccn1)(C(=O)O)C(C)C.[Ni]. The number of rotatable bonds is 8. The van der Waals surface area contributed by atoms with Crippen LogP contribution in [-0.2, 0) is 21.3 Å². The zero-order valence-corrected chi connectivity index (χ0v) is 20.6. The van der Waals surface area contributed by atoms with E-state index in [4.69, 9.17) is 4.99 Å². The van der Waals surface area contributed by atoms with Gasteiger partial charge in [-0.3, -0.25) is 9.98 Å². The van der Waals surface area contributed by atoms with E-state index in [2.05, 4.69) is 10.3 Å². The number of benzene rings is 2. The Labute approximate surface area is 210 Å². The van der Waals surface area contributed by atoms with Gasteiger partial charge in [-0.1, -0.05) is 88.4 Å². The average Bonchev–Trinajstić information content (AvgIpc) is 2.81. The molecule has 0 unspecified atom stereocenters. The predicted octanol–water partition coefficient (Wildman–Crippen LogP) is 5.90. The minimum Gasteiger partial charge on any atom is -0.621 e. The van der Waals surface area contributed by atoms with Crippen molar-refractivity contribution in [1.82, 2.24) is 4.98 Å². The van der Waals surface area contributed by atoms with Gasteiger partial charge >= 0.3 is 5.97 Å². The zero-order valence-electron chi connectivity index (χ0n) is 19.6. The summed E-state index contributed by atoms with van der Waals surface area (Å²) in [7, 11) is 0. The van der Waals surface area contributed by atoms with Crippen molar-refractivity contribution in [3.8, 4) is 0 Å². The van der Waals surface area contributed by atoms with Crippen LogP contribution in [0.1, 0.15) is 49.3 Å². The van der Waals surface area contributed by atoms with E-state index in [9.17, 15) is 14.7 Å². The number of carbonyl (C=O) groups is 2. The largest absolute Gasteiger partial charge is 0.621 e. The van der Waals surface area contributed by atoms with Crippen molar-refractivity contribution in [3.63, 3.8) is 0 Å². The Kier molecular flexibility index (Phi) is 9.28. The van der Waals surface area contributed by atoms with Crippen LogP contribution >= 0.6 is 0 Å². The van der Waals surface area contributed by atoms with E-state index in [1.165, 1.54) is 6.20 Å². The van der Waals surface area contributed by atoms with E-state index < -0.39 is 17.4 Å².